The normalized spacial score (nSPS) is 10.9. The summed E-state index contributed by atoms with van der Waals surface area (Å²) >= 11 is 11.4. The topological polar surface area (TPSA) is 68.3 Å². The zero-order valence-electron chi connectivity index (χ0n) is 10.1. The Morgan fingerprint density at radius 1 is 1.44 bits per heavy atom. The van der Waals surface area contributed by atoms with E-state index in [0.29, 0.717) is 6.29 Å². The molecule has 5 nitrogen and oxygen atoms in total. The van der Waals surface area contributed by atoms with Gasteiger partial charge in [0.2, 0.25) is 0 Å². The molecule has 1 amide bonds. The average Bonchev–Trinajstić information content (AvgIpc) is 2.13. The number of rotatable bonds is 2. The highest BCUT2D eigenvalue weighted by molar-refractivity contribution is 6.35. The highest BCUT2D eigenvalue weighted by Gasteiger charge is 2.18. The van der Waals surface area contributed by atoms with Gasteiger partial charge in [0.15, 0.2) is 6.29 Å². The lowest BCUT2D eigenvalue weighted by atomic mass is 10.2. The van der Waals surface area contributed by atoms with Crippen LogP contribution in [-0.2, 0) is 4.74 Å². The molecule has 0 aromatic carbocycles. The molecule has 0 fully saturated rings. The molecule has 1 aromatic heterocycles. The van der Waals surface area contributed by atoms with Crippen molar-refractivity contribution in [2.75, 3.05) is 5.32 Å². The van der Waals surface area contributed by atoms with Gasteiger partial charge in [0.1, 0.15) is 15.9 Å². The van der Waals surface area contributed by atoms with Crippen LogP contribution in [0.4, 0.5) is 10.5 Å². The fraction of sp³-hybridized carbons (Fsp3) is 0.364. The number of anilines is 1. The van der Waals surface area contributed by atoms with Crippen LogP contribution in [0.2, 0.25) is 10.3 Å². The molecular weight excluding hydrogens is 279 g/mol. The van der Waals surface area contributed by atoms with E-state index in [4.69, 9.17) is 27.9 Å². The molecule has 0 bridgehead atoms. The number of hydrogen-bond donors (Lipinski definition) is 1. The summed E-state index contributed by atoms with van der Waals surface area (Å²) in [6.07, 6.45) is -0.220. The Hall–Kier alpha value is -1.33. The van der Waals surface area contributed by atoms with Crippen molar-refractivity contribution in [2.24, 2.45) is 0 Å². The van der Waals surface area contributed by atoms with Crippen LogP contribution in [0.1, 0.15) is 31.1 Å². The van der Waals surface area contributed by atoms with Gasteiger partial charge >= 0.3 is 6.09 Å². The molecular formula is C11H12Cl2N2O3. The first-order valence-electron chi connectivity index (χ1n) is 5.04. The molecule has 1 rings (SSSR count). The molecule has 1 aromatic rings. The van der Waals surface area contributed by atoms with E-state index in [9.17, 15) is 9.59 Å². The van der Waals surface area contributed by atoms with Gasteiger partial charge in [-0.1, -0.05) is 23.2 Å². The minimum Gasteiger partial charge on any atom is -0.444 e. The van der Waals surface area contributed by atoms with E-state index in [1.54, 1.807) is 20.8 Å². The Morgan fingerprint density at radius 3 is 2.56 bits per heavy atom. The van der Waals surface area contributed by atoms with E-state index in [0.717, 1.165) is 0 Å². The Balaban J connectivity index is 2.97. The second-order valence-corrected chi connectivity index (χ2v) is 5.19. The number of halogens is 2. The van der Waals surface area contributed by atoms with Gasteiger partial charge in [0, 0.05) is 6.07 Å². The Labute approximate surface area is 114 Å². The minimum atomic E-state index is -0.705. The molecule has 1 N–H and O–H groups in total. The van der Waals surface area contributed by atoms with Crippen molar-refractivity contribution in [2.45, 2.75) is 26.4 Å². The molecule has 0 unspecified atom stereocenters. The summed E-state index contributed by atoms with van der Waals surface area (Å²) in [7, 11) is 0. The molecule has 1 heterocycles. The summed E-state index contributed by atoms with van der Waals surface area (Å²) in [6.45, 7) is 5.17. The number of aldehydes is 1. The van der Waals surface area contributed by atoms with Gasteiger partial charge in [-0.05, 0) is 20.8 Å². The first-order chi connectivity index (χ1) is 8.23. The molecule has 7 heteroatoms. The predicted molar refractivity (Wildman–Crippen MR) is 69.5 cm³/mol. The number of carbonyl (C=O) groups is 2. The Morgan fingerprint density at radius 2 is 2.06 bits per heavy atom. The maximum absolute atomic E-state index is 11.6. The van der Waals surface area contributed by atoms with Gasteiger partial charge in [-0.15, -0.1) is 0 Å². The van der Waals surface area contributed by atoms with Crippen molar-refractivity contribution in [3.8, 4) is 0 Å². The van der Waals surface area contributed by atoms with E-state index in [1.807, 2.05) is 0 Å². The van der Waals surface area contributed by atoms with Crippen molar-refractivity contribution in [1.29, 1.82) is 0 Å². The van der Waals surface area contributed by atoms with Crippen LogP contribution in [0.15, 0.2) is 6.07 Å². The lowest BCUT2D eigenvalue weighted by Gasteiger charge is -2.20. The van der Waals surface area contributed by atoms with E-state index in [1.165, 1.54) is 6.07 Å². The monoisotopic (exact) mass is 290 g/mol. The molecule has 0 saturated heterocycles. The number of hydrogen-bond acceptors (Lipinski definition) is 4. The van der Waals surface area contributed by atoms with Crippen LogP contribution in [0.3, 0.4) is 0 Å². The van der Waals surface area contributed by atoms with Crippen LogP contribution in [0, 0.1) is 0 Å². The lowest BCUT2D eigenvalue weighted by molar-refractivity contribution is 0.0636. The van der Waals surface area contributed by atoms with Crippen LogP contribution in [-0.4, -0.2) is 23.0 Å². The van der Waals surface area contributed by atoms with E-state index >= 15 is 0 Å². The SMILES string of the molecule is CC(C)(C)OC(=O)Nc1cc(Cl)nc(Cl)c1C=O. The molecule has 0 spiro atoms. The van der Waals surface area contributed by atoms with Crippen LogP contribution in [0.5, 0.6) is 0 Å². The third-order valence-corrected chi connectivity index (χ3v) is 2.22. The van der Waals surface area contributed by atoms with Gasteiger partial charge in [-0.2, -0.15) is 0 Å². The minimum absolute atomic E-state index is 0.0481. The number of nitrogens with zero attached hydrogens (tertiary/aromatic N) is 1. The molecule has 0 aliphatic heterocycles. The number of amides is 1. The number of pyridine rings is 1. The van der Waals surface area contributed by atoms with Crippen LogP contribution >= 0.6 is 23.2 Å². The summed E-state index contributed by atoms with van der Waals surface area (Å²) in [5.41, 5.74) is -0.442. The average molecular weight is 291 g/mol. The van der Waals surface area contributed by atoms with Gasteiger partial charge < -0.3 is 4.74 Å². The van der Waals surface area contributed by atoms with Crippen LogP contribution < -0.4 is 5.32 Å². The summed E-state index contributed by atoms with van der Waals surface area (Å²) < 4.78 is 5.05. The van der Waals surface area contributed by atoms with Gasteiger partial charge in [0.25, 0.3) is 0 Å². The Bertz CT molecular complexity index is 484. The molecule has 0 aliphatic carbocycles. The second kappa shape index (κ2) is 5.54. The fourth-order valence-corrected chi connectivity index (χ4v) is 1.60. The Kier molecular flexibility index (Phi) is 4.53. The standard InChI is InChI=1S/C11H12Cl2N2O3/c1-11(2,3)18-10(17)14-7-4-8(12)15-9(13)6(7)5-16/h4-5H,1-3H3,(H,14,15,17). The molecule has 98 valence electrons. The smallest absolute Gasteiger partial charge is 0.412 e. The lowest BCUT2D eigenvalue weighted by Crippen LogP contribution is -2.27. The molecule has 0 atom stereocenters. The van der Waals surface area contributed by atoms with Crippen molar-refractivity contribution in [3.05, 3.63) is 21.9 Å². The van der Waals surface area contributed by atoms with Crippen LogP contribution in [0.25, 0.3) is 0 Å². The maximum atomic E-state index is 11.6. The summed E-state index contributed by atoms with van der Waals surface area (Å²) in [5, 5.41) is 2.38. The molecule has 18 heavy (non-hydrogen) atoms. The van der Waals surface area contributed by atoms with Crippen molar-refractivity contribution in [1.82, 2.24) is 4.98 Å². The second-order valence-electron chi connectivity index (χ2n) is 4.44. The van der Waals surface area contributed by atoms with Gasteiger partial charge in [0.05, 0.1) is 11.3 Å². The number of carbonyl (C=O) groups excluding carboxylic acids is 2. The van der Waals surface area contributed by atoms with Gasteiger partial charge in [-0.25, -0.2) is 9.78 Å². The van der Waals surface area contributed by atoms with Crippen molar-refractivity contribution < 1.29 is 14.3 Å². The number of ether oxygens (including phenoxy) is 1. The zero-order chi connectivity index (χ0) is 13.9. The molecule has 0 aliphatic rings. The first kappa shape index (κ1) is 14.7. The largest absolute Gasteiger partial charge is 0.444 e. The van der Waals surface area contributed by atoms with E-state index < -0.39 is 11.7 Å². The first-order valence-corrected chi connectivity index (χ1v) is 5.80. The summed E-state index contributed by atoms with van der Waals surface area (Å²) in [6, 6.07) is 1.32. The van der Waals surface area contributed by atoms with E-state index in [-0.39, 0.29) is 21.6 Å². The molecule has 0 radical (unpaired) electrons. The van der Waals surface area contributed by atoms with E-state index in [2.05, 4.69) is 10.3 Å². The van der Waals surface area contributed by atoms with Crippen molar-refractivity contribution in [3.63, 3.8) is 0 Å². The maximum Gasteiger partial charge on any atom is 0.412 e. The fourth-order valence-electron chi connectivity index (χ4n) is 1.12. The summed E-state index contributed by atoms with van der Waals surface area (Å²) in [4.78, 5) is 26.1. The number of aromatic nitrogens is 1. The quantitative estimate of drug-likeness (QED) is 0.668. The third-order valence-electron chi connectivity index (χ3n) is 1.73. The summed E-state index contributed by atoms with van der Waals surface area (Å²) in [5.74, 6) is 0. The highest BCUT2D eigenvalue weighted by Crippen LogP contribution is 2.25. The third kappa shape index (κ3) is 4.16. The number of nitrogens with one attached hydrogen (secondary N) is 1. The van der Waals surface area contributed by atoms with Gasteiger partial charge in [-0.3, -0.25) is 10.1 Å². The van der Waals surface area contributed by atoms with Crippen molar-refractivity contribution >= 4 is 41.3 Å². The molecule has 0 saturated carbocycles. The zero-order valence-corrected chi connectivity index (χ0v) is 11.6. The highest BCUT2D eigenvalue weighted by atomic mass is 35.5. The predicted octanol–water partition coefficient (Wildman–Crippen LogP) is 3.55.